The lowest BCUT2D eigenvalue weighted by Gasteiger charge is -2.32. The monoisotopic (exact) mass is 395 g/mol. The summed E-state index contributed by atoms with van der Waals surface area (Å²) >= 11 is 0. The highest BCUT2D eigenvalue weighted by Crippen LogP contribution is 2.24. The average molecular weight is 396 g/mol. The Labute approximate surface area is 172 Å². The number of hydrogen-bond acceptors (Lipinski definition) is 3. The minimum Gasteiger partial charge on any atom is -0.372 e. The van der Waals surface area contributed by atoms with Gasteiger partial charge in [0, 0.05) is 37.6 Å². The van der Waals surface area contributed by atoms with E-state index < -0.39 is 0 Å². The lowest BCUT2D eigenvalue weighted by Crippen LogP contribution is -2.40. The van der Waals surface area contributed by atoms with E-state index >= 15 is 0 Å². The van der Waals surface area contributed by atoms with Gasteiger partial charge >= 0.3 is 0 Å². The second kappa shape index (κ2) is 9.40. The van der Waals surface area contributed by atoms with Crippen LogP contribution in [0.1, 0.15) is 37.7 Å². The number of piperidine rings is 2. The third-order valence-corrected chi connectivity index (χ3v) is 6.05. The second-order valence-corrected chi connectivity index (χ2v) is 8.28. The van der Waals surface area contributed by atoms with Crippen molar-refractivity contribution in [3.8, 4) is 0 Å². The molecule has 2 fully saturated rings. The Morgan fingerprint density at radius 3 is 2.38 bits per heavy atom. The molecule has 0 saturated carbocycles. The standard InChI is InChI=1S/C24H30FN3O/c25-21-8-6-19(7-9-21)17-27-14-4-5-20(18-27)24(29)26-22-10-12-23(13-11-22)28-15-2-1-3-16-28/h6-13,20H,1-5,14-18H2,(H,26,29)/t20-/m0/s1. The quantitative estimate of drug-likeness (QED) is 0.799. The van der Waals surface area contributed by atoms with E-state index in [9.17, 15) is 9.18 Å². The second-order valence-electron chi connectivity index (χ2n) is 8.28. The van der Waals surface area contributed by atoms with E-state index in [2.05, 4.69) is 27.2 Å². The van der Waals surface area contributed by atoms with Crippen molar-refractivity contribution in [1.82, 2.24) is 4.90 Å². The van der Waals surface area contributed by atoms with Crippen molar-refractivity contribution in [3.63, 3.8) is 0 Å². The number of benzene rings is 2. The fourth-order valence-electron chi connectivity index (χ4n) is 4.41. The van der Waals surface area contributed by atoms with Crippen molar-refractivity contribution in [1.29, 1.82) is 0 Å². The number of hydrogen-bond donors (Lipinski definition) is 1. The molecule has 0 bridgehead atoms. The van der Waals surface area contributed by atoms with Crippen molar-refractivity contribution >= 4 is 17.3 Å². The molecule has 1 N–H and O–H groups in total. The van der Waals surface area contributed by atoms with E-state index in [0.29, 0.717) is 0 Å². The SMILES string of the molecule is O=C(Nc1ccc(N2CCCCC2)cc1)[C@H]1CCCN(Cc2ccc(F)cc2)C1. The highest BCUT2D eigenvalue weighted by molar-refractivity contribution is 5.92. The number of carbonyl (C=O) groups excluding carboxylic acids is 1. The Morgan fingerprint density at radius 1 is 0.931 bits per heavy atom. The number of carbonyl (C=O) groups is 1. The van der Waals surface area contributed by atoms with Crippen LogP contribution in [0, 0.1) is 11.7 Å². The molecule has 0 aromatic heterocycles. The predicted octanol–water partition coefficient (Wildman–Crippen LogP) is 4.67. The summed E-state index contributed by atoms with van der Waals surface area (Å²) < 4.78 is 13.1. The molecule has 4 rings (SSSR count). The van der Waals surface area contributed by atoms with Crippen LogP contribution in [0.15, 0.2) is 48.5 Å². The fraction of sp³-hybridized carbons (Fsp3) is 0.458. The summed E-state index contributed by atoms with van der Waals surface area (Å²) in [5.74, 6) is -0.124. The van der Waals surface area contributed by atoms with Crippen LogP contribution in [0.5, 0.6) is 0 Å². The van der Waals surface area contributed by atoms with Crippen LogP contribution < -0.4 is 10.2 Å². The van der Waals surface area contributed by atoms with Gasteiger partial charge in [-0.1, -0.05) is 12.1 Å². The molecule has 5 heteroatoms. The lowest BCUT2D eigenvalue weighted by molar-refractivity contribution is -0.121. The van der Waals surface area contributed by atoms with Gasteiger partial charge in [0.2, 0.25) is 5.91 Å². The van der Waals surface area contributed by atoms with Crippen LogP contribution in [0.25, 0.3) is 0 Å². The molecule has 2 aliphatic heterocycles. The number of anilines is 2. The molecule has 0 aliphatic carbocycles. The Hall–Kier alpha value is -2.40. The van der Waals surface area contributed by atoms with Crippen molar-refractivity contribution in [2.24, 2.45) is 5.92 Å². The Bertz CT molecular complexity index is 800. The highest BCUT2D eigenvalue weighted by Gasteiger charge is 2.26. The number of halogens is 1. The molecule has 2 saturated heterocycles. The zero-order valence-corrected chi connectivity index (χ0v) is 16.9. The van der Waals surface area contributed by atoms with Crippen molar-refractivity contribution < 1.29 is 9.18 Å². The molecule has 154 valence electrons. The molecule has 4 nitrogen and oxygen atoms in total. The summed E-state index contributed by atoms with van der Waals surface area (Å²) in [5.41, 5.74) is 3.19. The molecule has 1 amide bonds. The van der Waals surface area contributed by atoms with E-state index in [1.165, 1.54) is 37.1 Å². The Balaban J connectivity index is 1.31. The van der Waals surface area contributed by atoms with Gasteiger partial charge in [-0.15, -0.1) is 0 Å². The zero-order valence-electron chi connectivity index (χ0n) is 16.9. The third kappa shape index (κ3) is 5.36. The first-order valence-corrected chi connectivity index (χ1v) is 10.8. The first kappa shape index (κ1) is 19.9. The summed E-state index contributed by atoms with van der Waals surface area (Å²) in [4.78, 5) is 17.5. The van der Waals surface area contributed by atoms with E-state index in [1.807, 2.05) is 24.3 Å². The maximum absolute atomic E-state index is 13.1. The summed E-state index contributed by atoms with van der Waals surface area (Å²) in [5, 5.41) is 3.10. The van der Waals surface area contributed by atoms with Crippen LogP contribution >= 0.6 is 0 Å². The van der Waals surface area contributed by atoms with Crippen molar-refractivity contribution in [2.75, 3.05) is 36.4 Å². The van der Waals surface area contributed by atoms with Crippen LogP contribution in [-0.4, -0.2) is 37.0 Å². The van der Waals surface area contributed by atoms with E-state index in [1.54, 1.807) is 0 Å². The van der Waals surface area contributed by atoms with Gasteiger partial charge in [-0.25, -0.2) is 4.39 Å². The average Bonchev–Trinajstić information content (AvgIpc) is 2.77. The van der Waals surface area contributed by atoms with Crippen molar-refractivity contribution in [2.45, 2.75) is 38.6 Å². The maximum atomic E-state index is 13.1. The number of likely N-dealkylation sites (tertiary alicyclic amines) is 1. The van der Waals surface area contributed by atoms with E-state index in [4.69, 9.17) is 0 Å². The molecule has 29 heavy (non-hydrogen) atoms. The smallest absolute Gasteiger partial charge is 0.228 e. The zero-order chi connectivity index (χ0) is 20.1. The molecule has 2 heterocycles. The summed E-state index contributed by atoms with van der Waals surface area (Å²) in [6.45, 7) is 4.73. The third-order valence-electron chi connectivity index (χ3n) is 6.05. The van der Waals surface area contributed by atoms with Gasteiger partial charge in [0.15, 0.2) is 0 Å². The largest absolute Gasteiger partial charge is 0.372 e. The topological polar surface area (TPSA) is 35.6 Å². The lowest BCUT2D eigenvalue weighted by atomic mass is 9.96. The van der Waals surface area contributed by atoms with Crippen LogP contribution in [0.4, 0.5) is 15.8 Å². The first-order chi connectivity index (χ1) is 14.2. The predicted molar refractivity (Wildman–Crippen MR) is 116 cm³/mol. The Morgan fingerprint density at radius 2 is 1.66 bits per heavy atom. The van der Waals surface area contributed by atoms with Gasteiger partial charge in [0.25, 0.3) is 0 Å². The molecule has 1 atom stereocenters. The molecular formula is C24H30FN3O. The minimum absolute atomic E-state index is 0.00836. The normalized spacial score (nSPS) is 20.4. The number of nitrogens with one attached hydrogen (secondary N) is 1. The summed E-state index contributed by atoms with van der Waals surface area (Å²) in [6.07, 6.45) is 5.76. The molecule has 2 aliphatic rings. The highest BCUT2D eigenvalue weighted by atomic mass is 19.1. The van der Waals surface area contributed by atoms with Gasteiger partial charge in [0.05, 0.1) is 5.92 Å². The molecule has 2 aromatic rings. The fourth-order valence-corrected chi connectivity index (χ4v) is 4.41. The molecular weight excluding hydrogens is 365 g/mol. The Kier molecular flexibility index (Phi) is 6.45. The molecule has 0 unspecified atom stereocenters. The van der Waals surface area contributed by atoms with Gasteiger partial charge in [-0.2, -0.15) is 0 Å². The first-order valence-electron chi connectivity index (χ1n) is 10.8. The number of nitrogens with zero attached hydrogens (tertiary/aromatic N) is 2. The number of rotatable bonds is 5. The maximum Gasteiger partial charge on any atom is 0.228 e. The van der Waals surface area contributed by atoms with Crippen molar-refractivity contribution in [3.05, 3.63) is 59.9 Å². The van der Waals surface area contributed by atoms with Gasteiger partial charge in [0.1, 0.15) is 5.82 Å². The minimum atomic E-state index is -0.212. The number of amides is 1. The van der Waals surface area contributed by atoms with Crippen LogP contribution in [0.3, 0.4) is 0 Å². The molecule has 2 aromatic carbocycles. The van der Waals surface area contributed by atoms with Gasteiger partial charge in [-0.05, 0) is 80.6 Å². The molecule has 0 radical (unpaired) electrons. The van der Waals surface area contributed by atoms with Gasteiger partial charge < -0.3 is 10.2 Å². The van der Waals surface area contributed by atoms with Crippen LogP contribution in [-0.2, 0) is 11.3 Å². The van der Waals surface area contributed by atoms with E-state index in [0.717, 1.165) is 56.8 Å². The van der Waals surface area contributed by atoms with Gasteiger partial charge in [-0.3, -0.25) is 9.69 Å². The summed E-state index contributed by atoms with van der Waals surface area (Å²) in [6, 6.07) is 14.9. The van der Waals surface area contributed by atoms with E-state index in [-0.39, 0.29) is 17.6 Å². The van der Waals surface area contributed by atoms with Crippen LogP contribution in [0.2, 0.25) is 0 Å². The molecule has 0 spiro atoms. The summed E-state index contributed by atoms with van der Waals surface area (Å²) in [7, 11) is 0.